The number of aryl methyl sites for hydroxylation is 4. The van der Waals surface area contributed by atoms with Crippen LogP contribution in [0.2, 0.25) is 0 Å². The number of fused-ring (bicyclic) bond motifs is 10. The van der Waals surface area contributed by atoms with Crippen molar-refractivity contribution in [3.05, 3.63) is 209 Å². The number of rotatable bonds is 4. The van der Waals surface area contributed by atoms with E-state index in [-0.39, 0.29) is 17.7 Å². The van der Waals surface area contributed by atoms with Crippen LogP contribution in [0.25, 0.3) is 44.2 Å². The summed E-state index contributed by atoms with van der Waals surface area (Å²) in [5.41, 5.74) is 24.1. The molecule has 0 amide bonds. The Labute approximate surface area is 419 Å². The molecule has 344 valence electrons. The molecule has 4 heterocycles. The van der Waals surface area contributed by atoms with Gasteiger partial charge in [-0.3, -0.25) is 0 Å². The van der Waals surface area contributed by atoms with Crippen molar-refractivity contribution in [3.8, 4) is 22.3 Å². The van der Waals surface area contributed by atoms with Gasteiger partial charge in [0, 0.05) is 50.8 Å². The van der Waals surface area contributed by atoms with Crippen molar-refractivity contribution < 1.29 is 4.42 Å². The van der Waals surface area contributed by atoms with Crippen LogP contribution >= 0.6 is 0 Å². The van der Waals surface area contributed by atoms with Gasteiger partial charge in [-0.05, 0) is 158 Å². The molecule has 0 spiro atoms. The van der Waals surface area contributed by atoms with Crippen LogP contribution in [-0.4, -0.2) is 14.9 Å². The molecule has 0 atom stereocenters. The van der Waals surface area contributed by atoms with Crippen molar-refractivity contribution >= 4 is 97.0 Å². The highest BCUT2D eigenvalue weighted by molar-refractivity contribution is 7.22. The van der Waals surface area contributed by atoms with Gasteiger partial charge < -0.3 is 14.1 Å². The fraction of sp³-hybridized carbons (Fsp3) is 0.182. The predicted octanol–water partition coefficient (Wildman–Crippen LogP) is 13.2. The lowest BCUT2D eigenvalue weighted by atomic mass is 9.43. The average Bonchev–Trinajstić information content (AvgIpc) is 3.73. The fourth-order valence-corrected chi connectivity index (χ4v) is 19.2. The third-order valence-corrected chi connectivity index (χ3v) is 22.2. The van der Waals surface area contributed by atoms with Gasteiger partial charge in [0.2, 0.25) is 0 Å². The normalized spacial score (nSPS) is 16.3. The van der Waals surface area contributed by atoms with E-state index in [9.17, 15) is 0 Å². The zero-order chi connectivity index (χ0) is 48.3. The lowest BCUT2D eigenvalue weighted by molar-refractivity contribution is 0.332. The van der Waals surface area contributed by atoms with E-state index in [0.29, 0.717) is 0 Å². The maximum atomic E-state index is 6.90. The summed E-state index contributed by atoms with van der Waals surface area (Å²) in [5.74, 6) is 0. The second-order valence-corrected chi connectivity index (χ2v) is 26.2. The molecule has 0 bridgehead atoms. The van der Waals surface area contributed by atoms with Gasteiger partial charge in [-0.2, -0.15) is 0 Å². The van der Waals surface area contributed by atoms with E-state index >= 15 is 0 Å². The zero-order valence-corrected chi connectivity index (χ0v) is 43.0. The lowest BCUT2D eigenvalue weighted by Gasteiger charge is -2.52. The SMILES string of the molecule is Cc1cc(C)c(-c2cc3c4c(c2)N(c2cc5c(cc2C)C(C)(C)CCC5(C)C)c2cc5oc6ccccc6c5cc2B4N2c4ccccc4[Si](c4ccccc4)(c4ccccc4)c4cccc-3c42)c(C)c1. The van der Waals surface area contributed by atoms with Crippen LogP contribution < -0.4 is 41.4 Å². The minimum atomic E-state index is -2.93. The topological polar surface area (TPSA) is 19.6 Å². The average molecular weight is 933 g/mol. The van der Waals surface area contributed by atoms with E-state index < -0.39 is 8.07 Å². The molecule has 0 N–H and O–H groups in total. The van der Waals surface area contributed by atoms with Gasteiger partial charge in [-0.25, -0.2) is 0 Å². The standard InChI is InChI=1S/C66H57BN2OSi/c1-40-32-42(3)62(43(4)33-40)44-35-50-48-25-19-29-61-64(48)69(54-26-16-18-28-60(54)71(61,45-20-11-9-12-21-45)46-22-13-10-14-23-46)67-53-37-49-47-24-15-17-27-58(47)70-59(49)39-56(53)68(57(36-44)63(50)67)55-38-52-51(34-41(55)2)65(5,6)30-31-66(52,7)8/h9-29,32-39H,30-31H2,1-8H3. The Hall–Kier alpha value is -7.34. The summed E-state index contributed by atoms with van der Waals surface area (Å²) in [7, 11) is -2.93. The van der Waals surface area contributed by atoms with E-state index in [2.05, 4.69) is 241 Å². The van der Waals surface area contributed by atoms with Gasteiger partial charge in [0.1, 0.15) is 11.2 Å². The maximum absolute atomic E-state index is 6.90. The molecule has 9 aromatic carbocycles. The Kier molecular flexibility index (Phi) is 8.90. The van der Waals surface area contributed by atoms with Crippen molar-refractivity contribution in [1.29, 1.82) is 0 Å². The summed E-state index contributed by atoms with van der Waals surface area (Å²) in [6.07, 6.45) is 2.32. The van der Waals surface area contributed by atoms with Gasteiger partial charge in [-0.15, -0.1) is 0 Å². The van der Waals surface area contributed by atoms with E-state index in [0.717, 1.165) is 28.4 Å². The predicted molar refractivity (Wildman–Crippen MR) is 304 cm³/mol. The first-order valence-electron chi connectivity index (χ1n) is 25.7. The van der Waals surface area contributed by atoms with Gasteiger partial charge in [0.25, 0.3) is 0 Å². The van der Waals surface area contributed by atoms with Crippen molar-refractivity contribution in [2.75, 3.05) is 9.71 Å². The van der Waals surface area contributed by atoms with Gasteiger partial charge in [0.05, 0.1) is 0 Å². The van der Waals surface area contributed by atoms with Crippen molar-refractivity contribution in [2.45, 2.75) is 79.1 Å². The van der Waals surface area contributed by atoms with Gasteiger partial charge in [0.15, 0.2) is 8.07 Å². The molecule has 1 aromatic heterocycles. The molecule has 3 aliphatic heterocycles. The maximum Gasteiger partial charge on any atom is 0.333 e. The van der Waals surface area contributed by atoms with Gasteiger partial charge >= 0.3 is 6.85 Å². The summed E-state index contributed by atoms with van der Waals surface area (Å²) in [4.78, 5) is 5.44. The minimum absolute atomic E-state index is 0.0231. The molecular formula is C66H57BN2OSi. The molecule has 0 unspecified atom stereocenters. The lowest BCUT2D eigenvalue weighted by Crippen LogP contribution is -2.79. The zero-order valence-electron chi connectivity index (χ0n) is 42.0. The second-order valence-electron chi connectivity index (χ2n) is 22.5. The second kappa shape index (κ2) is 14.9. The Morgan fingerprint density at radius 1 is 0.493 bits per heavy atom. The highest BCUT2D eigenvalue weighted by Crippen LogP contribution is 2.53. The van der Waals surface area contributed by atoms with Crippen molar-refractivity contribution in [1.82, 2.24) is 0 Å². The minimum Gasteiger partial charge on any atom is -0.456 e. The largest absolute Gasteiger partial charge is 0.456 e. The summed E-state index contributed by atoms with van der Waals surface area (Å²) in [6.45, 7) is 18.8. The number of benzene rings is 9. The smallest absolute Gasteiger partial charge is 0.333 e. The molecule has 3 nitrogen and oxygen atoms in total. The van der Waals surface area contributed by atoms with E-state index in [4.69, 9.17) is 4.42 Å². The van der Waals surface area contributed by atoms with E-state index in [1.54, 1.807) is 0 Å². The first-order valence-corrected chi connectivity index (χ1v) is 27.7. The number of nitrogens with zero attached hydrogens (tertiary/aromatic N) is 2. The molecule has 10 aromatic rings. The number of hydrogen-bond donors (Lipinski definition) is 0. The van der Waals surface area contributed by atoms with Crippen molar-refractivity contribution in [2.24, 2.45) is 0 Å². The Balaban J connectivity index is 1.17. The first kappa shape index (κ1) is 42.5. The van der Waals surface area contributed by atoms with Crippen molar-refractivity contribution in [3.63, 3.8) is 0 Å². The van der Waals surface area contributed by atoms with E-state index in [1.807, 2.05) is 0 Å². The van der Waals surface area contributed by atoms with Crippen LogP contribution in [0.4, 0.5) is 28.4 Å². The fourth-order valence-electron chi connectivity index (χ4n) is 14.1. The van der Waals surface area contributed by atoms with E-state index in [1.165, 1.54) is 122 Å². The third kappa shape index (κ3) is 5.78. The van der Waals surface area contributed by atoms with Crippen LogP contribution in [0.15, 0.2) is 180 Å². The van der Waals surface area contributed by atoms with Gasteiger partial charge in [-0.1, -0.05) is 173 Å². The summed E-state index contributed by atoms with van der Waals surface area (Å²) >= 11 is 0. The first-order chi connectivity index (χ1) is 34.3. The molecule has 1 aliphatic carbocycles. The third-order valence-electron chi connectivity index (χ3n) is 17.3. The highest BCUT2D eigenvalue weighted by atomic mass is 28.3. The molecule has 5 heteroatoms. The molecule has 0 saturated heterocycles. The molecule has 71 heavy (non-hydrogen) atoms. The molecule has 0 radical (unpaired) electrons. The summed E-state index contributed by atoms with van der Waals surface area (Å²) in [5, 5.41) is 7.94. The van der Waals surface area contributed by atoms with Crippen LogP contribution in [0.3, 0.4) is 0 Å². The van der Waals surface area contributed by atoms with Crippen LogP contribution in [-0.2, 0) is 10.8 Å². The van der Waals surface area contributed by atoms with Crippen LogP contribution in [0, 0.1) is 27.7 Å². The number of furan rings is 1. The Morgan fingerprint density at radius 3 is 1.85 bits per heavy atom. The molecule has 0 saturated carbocycles. The van der Waals surface area contributed by atoms with Crippen LogP contribution in [0.5, 0.6) is 0 Å². The molecule has 14 rings (SSSR count). The molecular weight excluding hydrogens is 876 g/mol. The Morgan fingerprint density at radius 2 is 1.13 bits per heavy atom. The molecule has 4 aliphatic rings. The number of para-hydroxylation sites is 3. The summed E-state index contributed by atoms with van der Waals surface area (Å²) in [6, 6.07) is 68.1. The van der Waals surface area contributed by atoms with Crippen LogP contribution in [0.1, 0.15) is 73.9 Å². The number of anilines is 5. The molecule has 0 fully saturated rings. The quantitative estimate of drug-likeness (QED) is 0.164. The monoisotopic (exact) mass is 932 g/mol. The summed E-state index contributed by atoms with van der Waals surface area (Å²) < 4.78 is 6.90. The number of hydrogen-bond acceptors (Lipinski definition) is 3. The Bertz CT molecular complexity index is 3840. The highest BCUT2D eigenvalue weighted by Gasteiger charge is 2.55.